The number of hydrogen-bond acceptors (Lipinski definition) is 4. The van der Waals surface area contributed by atoms with Crippen LogP contribution in [-0.4, -0.2) is 71.4 Å². The number of halogens is 1. The normalized spacial score (nSPS) is 23.9. The van der Waals surface area contributed by atoms with Crippen molar-refractivity contribution in [2.24, 2.45) is 5.92 Å². The Labute approximate surface area is 234 Å². The zero-order valence-electron chi connectivity index (χ0n) is 22.5. The fraction of sp³-hybridized carbons (Fsp3) is 0.533. The second-order valence-corrected chi connectivity index (χ2v) is 12.0. The highest BCUT2D eigenvalue weighted by atomic mass is 35.5. The van der Waals surface area contributed by atoms with Gasteiger partial charge in [0.1, 0.15) is 0 Å². The number of benzene rings is 1. The number of nitrogens with zero attached hydrogens (tertiary/aromatic N) is 4. The average Bonchev–Trinajstić information content (AvgIpc) is 3.13. The number of pyridine rings is 1. The lowest BCUT2D eigenvalue weighted by Gasteiger charge is -2.42. The minimum Gasteiger partial charge on any atom is -0.349 e. The topological polar surface area (TPSA) is 85.9 Å². The molecule has 0 unspecified atom stereocenters. The lowest BCUT2D eigenvalue weighted by atomic mass is 9.73. The highest BCUT2D eigenvalue weighted by molar-refractivity contribution is 6.30. The van der Waals surface area contributed by atoms with Crippen LogP contribution in [0.25, 0.3) is 0 Å². The number of fused-ring (bicyclic) bond motifs is 2. The SMILES string of the molecule is Cc1ncc(Cl)cc1C(=O)N[C@H]1CC[C@H](CN2C(=O)C3(CCN(C(=O)N4CCC4)CC3)c3ccccc32)CC1. The molecule has 4 amide bonds. The number of para-hydroxylation sites is 1. The van der Waals surface area contributed by atoms with Crippen LogP contribution in [0.4, 0.5) is 10.5 Å². The van der Waals surface area contributed by atoms with Gasteiger partial charge in [0.25, 0.3) is 5.91 Å². The smallest absolute Gasteiger partial charge is 0.320 e. The van der Waals surface area contributed by atoms with Crippen molar-refractivity contribution in [1.82, 2.24) is 20.1 Å². The molecule has 0 radical (unpaired) electrons. The number of carbonyl (C=O) groups is 3. The molecule has 8 nitrogen and oxygen atoms in total. The van der Waals surface area contributed by atoms with Gasteiger partial charge < -0.3 is 20.0 Å². The van der Waals surface area contributed by atoms with Gasteiger partial charge in [-0.3, -0.25) is 14.6 Å². The molecule has 1 aromatic carbocycles. The number of likely N-dealkylation sites (tertiary alicyclic amines) is 2. The minimum absolute atomic E-state index is 0.105. The van der Waals surface area contributed by atoms with Gasteiger partial charge in [0.2, 0.25) is 5.91 Å². The molecule has 3 fully saturated rings. The third kappa shape index (κ3) is 4.77. The number of anilines is 1. The van der Waals surface area contributed by atoms with E-state index < -0.39 is 5.41 Å². The fourth-order valence-electron chi connectivity index (χ4n) is 6.80. The van der Waals surface area contributed by atoms with Crippen molar-refractivity contribution in [2.75, 3.05) is 37.6 Å². The zero-order chi connectivity index (χ0) is 27.1. The van der Waals surface area contributed by atoms with Gasteiger partial charge in [0.15, 0.2) is 0 Å². The maximum absolute atomic E-state index is 14.1. The Kier molecular flexibility index (Phi) is 7.00. The van der Waals surface area contributed by atoms with Gasteiger partial charge in [-0.25, -0.2) is 4.79 Å². The van der Waals surface area contributed by atoms with Gasteiger partial charge >= 0.3 is 6.03 Å². The average molecular weight is 550 g/mol. The number of urea groups is 1. The molecule has 206 valence electrons. The summed E-state index contributed by atoms with van der Waals surface area (Å²) in [5.41, 5.74) is 2.81. The summed E-state index contributed by atoms with van der Waals surface area (Å²) in [6, 6.07) is 10.1. The molecule has 1 spiro atoms. The Hall–Kier alpha value is -3.13. The Morgan fingerprint density at radius 1 is 1.05 bits per heavy atom. The second kappa shape index (κ2) is 10.5. The summed E-state index contributed by atoms with van der Waals surface area (Å²) < 4.78 is 0. The van der Waals surface area contributed by atoms with E-state index in [9.17, 15) is 14.4 Å². The molecule has 1 aromatic heterocycles. The predicted molar refractivity (Wildman–Crippen MR) is 150 cm³/mol. The van der Waals surface area contributed by atoms with E-state index in [0.717, 1.165) is 56.4 Å². The van der Waals surface area contributed by atoms with Crippen molar-refractivity contribution in [3.63, 3.8) is 0 Å². The van der Waals surface area contributed by atoms with Crippen molar-refractivity contribution in [2.45, 2.75) is 63.3 Å². The molecule has 1 N–H and O–H groups in total. The standard InChI is InChI=1S/C30H36ClN5O3/c1-20-24(17-22(31)18-32-20)27(37)33-23-9-7-21(8-10-23)19-36-26-6-3-2-5-25(26)30(28(36)38)11-15-35(16-12-30)29(39)34-13-4-14-34/h2-3,5-6,17-18,21,23H,4,7-16,19H2,1H3,(H,33,37)/t21-,23-. The van der Waals surface area contributed by atoms with Gasteiger partial charge in [0.05, 0.1) is 21.7 Å². The molecule has 6 rings (SSSR count). The van der Waals surface area contributed by atoms with Crippen LogP contribution in [0.2, 0.25) is 5.02 Å². The summed E-state index contributed by atoms with van der Waals surface area (Å²) in [5, 5.41) is 3.62. The molecule has 2 aromatic rings. The van der Waals surface area contributed by atoms with E-state index >= 15 is 0 Å². The van der Waals surface area contributed by atoms with Crippen molar-refractivity contribution in [1.29, 1.82) is 0 Å². The molecule has 3 aliphatic heterocycles. The first-order chi connectivity index (χ1) is 18.9. The largest absolute Gasteiger partial charge is 0.349 e. The van der Waals surface area contributed by atoms with E-state index in [4.69, 9.17) is 11.6 Å². The van der Waals surface area contributed by atoms with Crippen LogP contribution in [0.3, 0.4) is 0 Å². The Morgan fingerprint density at radius 3 is 2.44 bits per heavy atom. The number of aryl methyl sites for hydroxylation is 1. The first-order valence-corrected chi connectivity index (χ1v) is 14.6. The van der Waals surface area contributed by atoms with E-state index in [2.05, 4.69) is 22.4 Å². The van der Waals surface area contributed by atoms with Gasteiger partial charge in [-0.2, -0.15) is 0 Å². The lowest BCUT2D eigenvalue weighted by Crippen LogP contribution is -2.55. The second-order valence-electron chi connectivity index (χ2n) is 11.6. The van der Waals surface area contributed by atoms with Crippen LogP contribution in [-0.2, 0) is 10.2 Å². The van der Waals surface area contributed by atoms with Gasteiger partial charge in [-0.1, -0.05) is 29.8 Å². The molecule has 4 aliphatic rings. The molecule has 39 heavy (non-hydrogen) atoms. The summed E-state index contributed by atoms with van der Waals surface area (Å²) in [6.07, 6.45) is 7.65. The number of piperidine rings is 1. The van der Waals surface area contributed by atoms with E-state index in [1.165, 1.54) is 0 Å². The summed E-state index contributed by atoms with van der Waals surface area (Å²) in [6.45, 7) is 5.45. The predicted octanol–water partition coefficient (Wildman–Crippen LogP) is 4.54. The number of aromatic nitrogens is 1. The molecular formula is C30H36ClN5O3. The van der Waals surface area contributed by atoms with E-state index in [1.807, 2.05) is 33.8 Å². The van der Waals surface area contributed by atoms with Crippen LogP contribution in [0.15, 0.2) is 36.5 Å². The summed E-state index contributed by atoms with van der Waals surface area (Å²) >= 11 is 6.05. The molecule has 9 heteroatoms. The summed E-state index contributed by atoms with van der Waals surface area (Å²) in [7, 11) is 0. The minimum atomic E-state index is -0.531. The van der Waals surface area contributed by atoms with E-state index in [1.54, 1.807) is 12.3 Å². The van der Waals surface area contributed by atoms with Gasteiger partial charge in [0, 0.05) is 50.6 Å². The van der Waals surface area contributed by atoms with Crippen LogP contribution >= 0.6 is 11.6 Å². The van der Waals surface area contributed by atoms with Crippen LogP contribution < -0.4 is 10.2 Å². The van der Waals surface area contributed by atoms with Crippen molar-refractivity contribution < 1.29 is 14.4 Å². The van der Waals surface area contributed by atoms with Crippen LogP contribution in [0.1, 0.15) is 66.6 Å². The molecule has 4 heterocycles. The van der Waals surface area contributed by atoms with E-state index in [0.29, 0.717) is 54.7 Å². The van der Waals surface area contributed by atoms with Gasteiger partial charge in [-0.05, 0) is 75.5 Å². The number of hydrogen-bond donors (Lipinski definition) is 1. The third-order valence-corrected chi connectivity index (χ3v) is 9.51. The zero-order valence-corrected chi connectivity index (χ0v) is 23.3. The molecule has 0 atom stereocenters. The first-order valence-electron chi connectivity index (χ1n) is 14.2. The number of amides is 4. The highest BCUT2D eigenvalue weighted by Gasteiger charge is 2.52. The van der Waals surface area contributed by atoms with Gasteiger partial charge in [-0.15, -0.1) is 0 Å². The highest BCUT2D eigenvalue weighted by Crippen LogP contribution is 2.48. The lowest BCUT2D eigenvalue weighted by molar-refractivity contribution is -0.124. The fourth-order valence-corrected chi connectivity index (χ4v) is 6.95. The maximum atomic E-state index is 14.1. The Balaban J connectivity index is 1.08. The summed E-state index contributed by atoms with van der Waals surface area (Å²) in [5.74, 6) is 0.447. The number of carbonyl (C=O) groups excluding carboxylic acids is 3. The maximum Gasteiger partial charge on any atom is 0.320 e. The van der Waals surface area contributed by atoms with Crippen molar-refractivity contribution in [3.8, 4) is 0 Å². The Morgan fingerprint density at radius 2 is 1.74 bits per heavy atom. The molecular weight excluding hydrogens is 514 g/mol. The van der Waals surface area contributed by atoms with Crippen LogP contribution in [0, 0.1) is 12.8 Å². The van der Waals surface area contributed by atoms with Crippen LogP contribution in [0.5, 0.6) is 0 Å². The van der Waals surface area contributed by atoms with Crippen molar-refractivity contribution in [3.05, 3.63) is 58.4 Å². The Bertz CT molecular complexity index is 1280. The molecule has 0 bridgehead atoms. The summed E-state index contributed by atoms with van der Waals surface area (Å²) in [4.78, 5) is 49.7. The first kappa shape index (κ1) is 26.1. The number of rotatable bonds is 4. The molecule has 2 saturated heterocycles. The third-order valence-electron chi connectivity index (χ3n) is 9.30. The number of nitrogens with one attached hydrogen (secondary N) is 1. The monoisotopic (exact) mass is 549 g/mol. The quantitative estimate of drug-likeness (QED) is 0.607. The molecule has 1 aliphatic carbocycles. The van der Waals surface area contributed by atoms with E-state index in [-0.39, 0.29) is 23.9 Å². The van der Waals surface area contributed by atoms with Crippen molar-refractivity contribution >= 4 is 35.1 Å². The molecule has 1 saturated carbocycles.